The number of nitrogens with one attached hydrogen (secondary N) is 2. The summed E-state index contributed by atoms with van der Waals surface area (Å²) in [4.78, 5) is 15.6. The molecule has 2 amide bonds. The second-order valence-corrected chi connectivity index (χ2v) is 4.42. The molecule has 2 aromatic heterocycles. The summed E-state index contributed by atoms with van der Waals surface area (Å²) < 4.78 is 1.85. The summed E-state index contributed by atoms with van der Waals surface area (Å²) in [7, 11) is 0. The number of pyridine rings is 1. The molecule has 0 spiro atoms. The van der Waals surface area contributed by atoms with Crippen molar-refractivity contribution in [3.8, 4) is 0 Å². The summed E-state index contributed by atoms with van der Waals surface area (Å²) in [6.45, 7) is 2.05. The van der Waals surface area contributed by atoms with Gasteiger partial charge in [0.1, 0.15) is 0 Å². The molecule has 0 aromatic carbocycles. The van der Waals surface area contributed by atoms with Crippen molar-refractivity contribution < 1.29 is 4.79 Å². The van der Waals surface area contributed by atoms with E-state index < -0.39 is 0 Å². The van der Waals surface area contributed by atoms with E-state index in [0.29, 0.717) is 13.1 Å². The Morgan fingerprint density at radius 1 is 1.20 bits per heavy atom. The lowest BCUT2D eigenvalue weighted by Gasteiger charge is -2.07. The number of hydrogen-bond acceptors (Lipinski definition) is 3. The predicted molar refractivity (Wildman–Crippen MR) is 76.2 cm³/mol. The van der Waals surface area contributed by atoms with E-state index in [9.17, 15) is 4.79 Å². The van der Waals surface area contributed by atoms with Crippen molar-refractivity contribution in [3.63, 3.8) is 0 Å². The molecule has 2 rings (SSSR count). The second-order valence-electron chi connectivity index (χ2n) is 4.42. The molecule has 0 aliphatic rings. The van der Waals surface area contributed by atoms with E-state index in [1.54, 1.807) is 12.4 Å². The molecule has 0 aliphatic heterocycles. The Balaban J connectivity index is 1.52. The fourth-order valence-corrected chi connectivity index (χ4v) is 1.80. The van der Waals surface area contributed by atoms with Crippen molar-refractivity contribution in [2.24, 2.45) is 0 Å². The predicted octanol–water partition coefficient (Wildman–Crippen LogP) is 1.21. The molecule has 0 saturated carbocycles. The highest BCUT2D eigenvalue weighted by molar-refractivity contribution is 5.73. The average Bonchev–Trinajstić information content (AvgIpc) is 2.98. The number of urea groups is 1. The Labute approximate surface area is 118 Å². The minimum Gasteiger partial charge on any atom is -0.338 e. The van der Waals surface area contributed by atoms with Gasteiger partial charge in [-0.3, -0.25) is 9.67 Å². The summed E-state index contributed by atoms with van der Waals surface area (Å²) in [5.41, 5.74) is 1.12. The van der Waals surface area contributed by atoms with Crippen molar-refractivity contribution in [1.82, 2.24) is 25.4 Å². The highest BCUT2D eigenvalue weighted by atomic mass is 16.2. The van der Waals surface area contributed by atoms with E-state index in [-0.39, 0.29) is 6.03 Å². The monoisotopic (exact) mass is 273 g/mol. The lowest BCUT2D eigenvalue weighted by atomic mass is 10.2. The van der Waals surface area contributed by atoms with Crippen LogP contribution in [0, 0.1) is 0 Å². The minimum atomic E-state index is -0.130. The van der Waals surface area contributed by atoms with Crippen LogP contribution in [-0.2, 0) is 13.0 Å². The number of hydrogen-bond donors (Lipinski definition) is 2. The normalized spacial score (nSPS) is 10.2. The third-order valence-corrected chi connectivity index (χ3v) is 2.83. The number of nitrogens with zero attached hydrogens (tertiary/aromatic N) is 3. The lowest BCUT2D eigenvalue weighted by molar-refractivity contribution is 0.240. The summed E-state index contributed by atoms with van der Waals surface area (Å²) in [5.74, 6) is 0. The molecule has 0 bridgehead atoms. The molecule has 6 nitrogen and oxygen atoms in total. The van der Waals surface area contributed by atoms with Gasteiger partial charge in [0.25, 0.3) is 0 Å². The maximum Gasteiger partial charge on any atom is 0.314 e. The molecular formula is C14H19N5O. The van der Waals surface area contributed by atoms with Crippen molar-refractivity contribution >= 4 is 6.03 Å². The minimum absolute atomic E-state index is 0.130. The van der Waals surface area contributed by atoms with Gasteiger partial charge in [-0.15, -0.1) is 0 Å². The second kappa shape index (κ2) is 7.93. The molecule has 2 aromatic rings. The SMILES string of the molecule is O=C(NCCCn1cccn1)NCCc1cccnc1. The van der Waals surface area contributed by atoms with Crippen LogP contribution in [0.1, 0.15) is 12.0 Å². The molecule has 6 heteroatoms. The zero-order valence-electron chi connectivity index (χ0n) is 11.3. The van der Waals surface area contributed by atoms with Crippen molar-refractivity contribution in [1.29, 1.82) is 0 Å². The smallest absolute Gasteiger partial charge is 0.314 e. The molecule has 2 N–H and O–H groups in total. The van der Waals surface area contributed by atoms with E-state index in [2.05, 4.69) is 20.7 Å². The molecule has 0 atom stereocenters. The highest BCUT2D eigenvalue weighted by Crippen LogP contribution is 1.95. The van der Waals surface area contributed by atoms with Crippen LogP contribution in [0.2, 0.25) is 0 Å². The van der Waals surface area contributed by atoms with Gasteiger partial charge in [-0.05, 0) is 30.5 Å². The summed E-state index contributed by atoms with van der Waals surface area (Å²) in [5, 5.41) is 9.75. The molecule has 20 heavy (non-hydrogen) atoms. The molecule has 0 fully saturated rings. The van der Waals surface area contributed by atoms with E-state index >= 15 is 0 Å². The highest BCUT2D eigenvalue weighted by Gasteiger charge is 1.99. The first-order valence-corrected chi connectivity index (χ1v) is 6.72. The molecule has 0 saturated heterocycles. The number of rotatable bonds is 7. The number of carbonyl (C=O) groups is 1. The fourth-order valence-electron chi connectivity index (χ4n) is 1.80. The van der Waals surface area contributed by atoms with E-state index in [4.69, 9.17) is 0 Å². The Morgan fingerprint density at radius 3 is 2.85 bits per heavy atom. The fraction of sp³-hybridized carbons (Fsp3) is 0.357. The summed E-state index contributed by atoms with van der Waals surface area (Å²) >= 11 is 0. The third-order valence-electron chi connectivity index (χ3n) is 2.83. The van der Waals surface area contributed by atoms with Crippen LogP contribution in [0.3, 0.4) is 0 Å². The van der Waals surface area contributed by atoms with Crippen LogP contribution in [0.25, 0.3) is 0 Å². The number of aromatic nitrogens is 3. The van der Waals surface area contributed by atoms with E-state index in [1.165, 1.54) is 0 Å². The van der Waals surface area contributed by atoms with Crippen LogP contribution in [0.15, 0.2) is 43.0 Å². The zero-order chi connectivity index (χ0) is 14.0. The first kappa shape index (κ1) is 14.0. The zero-order valence-corrected chi connectivity index (χ0v) is 11.3. The summed E-state index contributed by atoms with van der Waals surface area (Å²) in [6.07, 6.45) is 8.85. The van der Waals surface area contributed by atoms with Gasteiger partial charge >= 0.3 is 6.03 Å². The maximum absolute atomic E-state index is 11.5. The Hall–Kier alpha value is -2.37. The largest absolute Gasteiger partial charge is 0.338 e. The van der Waals surface area contributed by atoms with Gasteiger partial charge in [0.15, 0.2) is 0 Å². The van der Waals surface area contributed by atoms with Gasteiger partial charge < -0.3 is 10.6 Å². The molecule has 2 heterocycles. The lowest BCUT2D eigenvalue weighted by Crippen LogP contribution is -2.37. The standard InChI is InChI=1S/C14H19N5O/c20-14(16-7-2-10-19-11-3-8-18-19)17-9-5-13-4-1-6-15-12-13/h1,3-4,6,8,11-12H,2,5,7,9-10H2,(H2,16,17,20). The van der Waals surface area contributed by atoms with Crippen LogP contribution in [0.4, 0.5) is 4.79 Å². The van der Waals surface area contributed by atoms with Gasteiger partial charge in [-0.2, -0.15) is 5.10 Å². The molecule has 0 radical (unpaired) electrons. The van der Waals surface area contributed by atoms with Gasteiger partial charge in [0, 0.05) is 44.4 Å². The van der Waals surface area contributed by atoms with Crippen molar-refractivity contribution in [2.45, 2.75) is 19.4 Å². The Morgan fingerprint density at radius 2 is 2.10 bits per heavy atom. The first-order valence-electron chi connectivity index (χ1n) is 6.72. The van der Waals surface area contributed by atoms with E-state index in [1.807, 2.05) is 35.3 Å². The third kappa shape index (κ3) is 5.09. The van der Waals surface area contributed by atoms with Crippen molar-refractivity contribution in [3.05, 3.63) is 48.5 Å². The topological polar surface area (TPSA) is 71.8 Å². The van der Waals surface area contributed by atoms with Gasteiger partial charge in [0.05, 0.1) is 0 Å². The maximum atomic E-state index is 11.5. The molecule has 106 valence electrons. The van der Waals surface area contributed by atoms with E-state index in [0.717, 1.165) is 24.9 Å². The number of aryl methyl sites for hydroxylation is 1. The van der Waals surface area contributed by atoms with Crippen LogP contribution >= 0.6 is 0 Å². The van der Waals surface area contributed by atoms with Crippen LogP contribution < -0.4 is 10.6 Å². The Bertz CT molecular complexity index is 498. The van der Waals surface area contributed by atoms with Crippen LogP contribution in [-0.4, -0.2) is 33.9 Å². The Kier molecular flexibility index (Phi) is 5.57. The van der Waals surface area contributed by atoms with Gasteiger partial charge in [-0.25, -0.2) is 4.79 Å². The van der Waals surface area contributed by atoms with Gasteiger partial charge in [0.2, 0.25) is 0 Å². The van der Waals surface area contributed by atoms with Gasteiger partial charge in [-0.1, -0.05) is 6.07 Å². The van der Waals surface area contributed by atoms with Crippen LogP contribution in [0.5, 0.6) is 0 Å². The average molecular weight is 273 g/mol. The van der Waals surface area contributed by atoms with Crippen molar-refractivity contribution in [2.75, 3.05) is 13.1 Å². The number of carbonyl (C=O) groups excluding carboxylic acids is 1. The quantitative estimate of drug-likeness (QED) is 0.745. The number of amides is 2. The molecule has 0 unspecified atom stereocenters. The molecular weight excluding hydrogens is 254 g/mol. The molecule has 0 aliphatic carbocycles. The first-order chi connectivity index (χ1) is 9.84. The summed E-state index contributed by atoms with van der Waals surface area (Å²) in [6, 6.07) is 5.65.